The van der Waals surface area contributed by atoms with Gasteiger partial charge in [-0.15, -0.1) is 0 Å². The van der Waals surface area contributed by atoms with E-state index in [1.165, 1.54) is 29.8 Å². The first-order valence-corrected chi connectivity index (χ1v) is 10.8. The first kappa shape index (κ1) is 21.7. The molecule has 2 heterocycles. The first-order valence-electron chi connectivity index (χ1n) is 10.8. The normalized spacial score (nSPS) is 20.4. The second-order valence-electron chi connectivity index (χ2n) is 8.41. The van der Waals surface area contributed by atoms with Gasteiger partial charge < -0.3 is 14.5 Å². The van der Waals surface area contributed by atoms with Crippen LogP contribution in [0, 0.1) is 11.7 Å². The number of carbonyl (C=O) groups is 1. The molecule has 1 amide bonds. The average molecular weight is 432 g/mol. The molecule has 1 atom stereocenters. The minimum Gasteiger partial charge on any atom is -0.434 e. The van der Waals surface area contributed by atoms with Crippen molar-refractivity contribution < 1.29 is 22.7 Å². The molecule has 2 aromatic rings. The Morgan fingerprint density at radius 1 is 1.00 bits per heavy atom. The van der Waals surface area contributed by atoms with E-state index in [4.69, 9.17) is 0 Å². The van der Waals surface area contributed by atoms with Crippen LogP contribution < -0.4 is 4.74 Å². The molecular weight excluding hydrogens is 405 g/mol. The number of likely N-dealkylation sites (tertiary alicyclic amines) is 2. The monoisotopic (exact) mass is 432 g/mol. The number of carbonyl (C=O) groups excluding carboxylic acids is 1. The van der Waals surface area contributed by atoms with E-state index in [1.54, 1.807) is 17.0 Å². The van der Waals surface area contributed by atoms with Crippen LogP contribution in [0.4, 0.5) is 13.2 Å². The van der Waals surface area contributed by atoms with Crippen LogP contribution in [0.25, 0.3) is 0 Å². The molecule has 0 saturated carbocycles. The van der Waals surface area contributed by atoms with Gasteiger partial charge in [-0.05, 0) is 74.0 Å². The van der Waals surface area contributed by atoms with Crippen molar-refractivity contribution in [2.24, 2.45) is 5.92 Å². The van der Waals surface area contributed by atoms with E-state index in [9.17, 15) is 18.0 Å². The van der Waals surface area contributed by atoms with Crippen LogP contribution in [0.3, 0.4) is 0 Å². The number of ether oxygens (including phenoxy) is 1. The van der Waals surface area contributed by atoms with E-state index in [-0.39, 0.29) is 23.0 Å². The van der Waals surface area contributed by atoms with Crippen LogP contribution in [0.1, 0.15) is 41.1 Å². The fraction of sp³-hybridized carbons (Fsp3) is 0.458. The Hall–Kier alpha value is -2.54. The summed E-state index contributed by atoms with van der Waals surface area (Å²) in [5.41, 5.74) is 1.38. The Morgan fingerprint density at radius 3 is 2.42 bits per heavy atom. The quantitative estimate of drug-likeness (QED) is 0.659. The smallest absolute Gasteiger partial charge is 0.387 e. The summed E-state index contributed by atoms with van der Waals surface area (Å²) in [6, 6.07) is 13.0. The summed E-state index contributed by atoms with van der Waals surface area (Å²) in [5, 5.41) is 0. The summed E-state index contributed by atoms with van der Waals surface area (Å²) < 4.78 is 43.0. The maximum Gasteiger partial charge on any atom is 0.387 e. The van der Waals surface area contributed by atoms with E-state index in [1.807, 2.05) is 12.1 Å². The van der Waals surface area contributed by atoms with Gasteiger partial charge in [-0.25, -0.2) is 4.39 Å². The predicted molar refractivity (Wildman–Crippen MR) is 112 cm³/mol. The van der Waals surface area contributed by atoms with Gasteiger partial charge in [-0.3, -0.25) is 4.79 Å². The Balaban J connectivity index is 1.28. The van der Waals surface area contributed by atoms with Crippen LogP contribution in [-0.2, 0) is 0 Å². The van der Waals surface area contributed by atoms with Crippen molar-refractivity contribution in [3.05, 3.63) is 65.5 Å². The minimum atomic E-state index is -2.96. The largest absolute Gasteiger partial charge is 0.434 e. The average Bonchev–Trinajstić information content (AvgIpc) is 3.23. The predicted octanol–water partition coefficient (Wildman–Crippen LogP) is 4.77. The van der Waals surface area contributed by atoms with E-state index < -0.39 is 6.61 Å². The topological polar surface area (TPSA) is 32.8 Å². The van der Waals surface area contributed by atoms with Crippen molar-refractivity contribution in [2.45, 2.75) is 31.8 Å². The van der Waals surface area contributed by atoms with Crippen LogP contribution >= 0.6 is 0 Å². The number of rotatable bonds is 6. The Morgan fingerprint density at radius 2 is 1.71 bits per heavy atom. The highest BCUT2D eigenvalue weighted by Crippen LogP contribution is 2.30. The van der Waals surface area contributed by atoms with E-state index in [0.29, 0.717) is 24.9 Å². The molecule has 1 unspecified atom stereocenters. The molecule has 2 saturated heterocycles. The molecule has 166 valence electrons. The molecule has 2 aromatic carbocycles. The van der Waals surface area contributed by atoms with Crippen LogP contribution in [0.2, 0.25) is 0 Å². The molecule has 4 nitrogen and oxygen atoms in total. The van der Waals surface area contributed by atoms with Gasteiger partial charge in [-0.2, -0.15) is 8.78 Å². The van der Waals surface area contributed by atoms with E-state index >= 15 is 0 Å². The third-order valence-electron chi connectivity index (χ3n) is 6.35. The molecule has 2 aliphatic rings. The summed E-state index contributed by atoms with van der Waals surface area (Å²) in [7, 11) is 0. The van der Waals surface area contributed by atoms with Crippen LogP contribution in [-0.4, -0.2) is 55.0 Å². The Bertz CT molecular complexity index is 883. The Labute approximate surface area is 180 Å². The third kappa shape index (κ3) is 5.39. The summed E-state index contributed by atoms with van der Waals surface area (Å²) >= 11 is 0. The maximum atomic E-state index is 13.1. The van der Waals surface area contributed by atoms with Crippen molar-refractivity contribution in [1.29, 1.82) is 0 Å². The summed E-state index contributed by atoms with van der Waals surface area (Å²) in [6.45, 7) is 1.18. The number of benzene rings is 2. The van der Waals surface area contributed by atoms with Gasteiger partial charge in [0.1, 0.15) is 11.6 Å². The van der Waals surface area contributed by atoms with Gasteiger partial charge in [-0.1, -0.05) is 24.3 Å². The van der Waals surface area contributed by atoms with Gasteiger partial charge in [0.15, 0.2) is 0 Å². The lowest BCUT2D eigenvalue weighted by Crippen LogP contribution is -2.38. The number of hydrogen-bond donors (Lipinski definition) is 0. The van der Waals surface area contributed by atoms with Gasteiger partial charge in [0, 0.05) is 19.6 Å². The Kier molecular flexibility index (Phi) is 6.80. The molecule has 0 radical (unpaired) electrons. The number of piperidine rings is 1. The third-order valence-corrected chi connectivity index (χ3v) is 6.35. The molecule has 7 heteroatoms. The molecule has 0 aliphatic carbocycles. The zero-order chi connectivity index (χ0) is 21.8. The van der Waals surface area contributed by atoms with E-state index in [0.717, 1.165) is 38.9 Å². The molecule has 0 aromatic heterocycles. The summed E-state index contributed by atoms with van der Waals surface area (Å²) in [5.74, 6) is 0.298. The highest BCUT2D eigenvalue weighted by atomic mass is 19.3. The summed E-state index contributed by atoms with van der Waals surface area (Å²) in [6.07, 6.45) is 2.99. The highest BCUT2D eigenvalue weighted by molar-refractivity contribution is 5.97. The molecule has 31 heavy (non-hydrogen) atoms. The molecule has 2 fully saturated rings. The number of para-hydroxylation sites is 1. The zero-order valence-corrected chi connectivity index (χ0v) is 17.4. The van der Waals surface area contributed by atoms with Gasteiger partial charge >= 0.3 is 6.61 Å². The lowest BCUT2D eigenvalue weighted by Gasteiger charge is -2.33. The second kappa shape index (κ2) is 9.73. The zero-order valence-electron chi connectivity index (χ0n) is 17.4. The number of hydrogen-bond acceptors (Lipinski definition) is 3. The standard InChI is InChI=1S/C24H27F3N2O2/c25-20-7-5-18(6-8-20)19-10-12-28(13-11-19)15-17-9-14-29(16-17)23(30)21-3-1-2-4-22(21)31-24(26)27/h1-8,17,19,24H,9-16H2. The SMILES string of the molecule is O=C(c1ccccc1OC(F)F)N1CCC(CN2CCC(c3ccc(F)cc3)CC2)C1. The van der Waals surface area contributed by atoms with E-state index in [2.05, 4.69) is 9.64 Å². The highest BCUT2D eigenvalue weighted by Gasteiger charge is 2.31. The van der Waals surface area contributed by atoms with Gasteiger partial charge in [0.25, 0.3) is 5.91 Å². The summed E-state index contributed by atoms with van der Waals surface area (Å²) in [4.78, 5) is 17.0. The van der Waals surface area contributed by atoms with Crippen molar-refractivity contribution >= 4 is 5.91 Å². The fourth-order valence-electron chi connectivity index (χ4n) is 4.73. The minimum absolute atomic E-state index is 0.0752. The van der Waals surface area contributed by atoms with Crippen LogP contribution in [0.15, 0.2) is 48.5 Å². The number of halogens is 3. The van der Waals surface area contributed by atoms with Gasteiger partial charge in [0.05, 0.1) is 5.56 Å². The van der Waals surface area contributed by atoms with Gasteiger partial charge in [0.2, 0.25) is 0 Å². The molecular formula is C24H27F3N2O2. The number of nitrogens with zero attached hydrogens (tertiary/aromatic N) is 2. The van der Waals surface area contributed by atoms with Crippen molar-refractivity contribution in [3.63, 3.8) is 0 Å². The number of alkyl halides is 2. The molecule has 0 bridgehead atoms. The lowest BCUT2D eigenvalue weighted by atomic mass is 9.89. The number of amides is 1. The van der Waals surface area contributed by atoms with Crippen molar-refractivity contribution in [3.8, 4) is 5.75 Å². The molecule has 0 N–H and O–H groups in total. The second-order valence-corrected chi connectivity index (χ2v) is 8.41. The maximum absolute atomic E-state index is 13.1. The fourth-order valence-corrected chi connectivity index (χ4v) is 4.73. The van der Waals surface area contributed by atoms with Crippen LogP contribution in [0.5, 0.6) is 5.75 Å². The first-order chi connectivity index (χ1) is 15.0. The lowest BCUT2D eigenvalue weighted by molar-refractivity contribution is -0.0502. The van der Waals surface area contributed by atoms with Crippen molar-refractivity contribution in [2.75, 3.05) is 32.7 Å². The molecule has 0 spiro atoms. The molecule has 4 rings (SSSR count). The van der Waals surface area contributed by atoms with Crippen molar-refractivity contribution in [1.82, 2.24) is 9.80 Å². The molecule has 2 aliphatic heterocycles.